The van der Waals surface area contributed by atoms with E-state index in [9.17, 15) is 4.79 Å². The van der Waals surface area contributed by atoms with Crippen molar-refractivity contribution in [2.24, 2.45) is 0 Å². The second-order valence-electron chi connectivity index (χ2n) is 2.68. The van der Waals surface area contributed by atoms with Crippen LogP contribution in [0.3, 0.4) is 0 Å². The van der Waals surface area contributed by atoms with Crippen molar-refractivity contribution in [3.8, 4) is 5.75 Å². The zero-order valence-electron chi connectivity index (χ0n) is 7.58. The SMILES string of the molecule is COc1ccc(CC(=O)NO)cc1I. The number of rotatable bonds is 3. The van der Waals surface area contributed by atoms with E-state index in [0.29, 0.717) is 0 Å². The standard InChI is InChI=1S/C9H10INO3/c1-14-8-3-2-6(4-7(8)10)5-9(12)11-13/h2-4,13H,5H2,1H3,(H,11,12). The van der Waals surface area contributed by atoms with E-state index in [1.54, 1.807) is 24.7 Å². The first kappa shape index (κ1) is 11.3. The molecule has 0 aliphatic carbocycles. The van der Waals surface area contributed by atoms with Gasteiger partial charge in [0.25, 0.3) is 0 Å². The average molecular weight is 307 g/mol. The van der Waals surface area contributed by atoms with Gasteiger partial charge in [-0.1, -0.05) is 6.07 Å². The number of benzene rings is 1. The van der Waals surface area contributed by atoms with Gasteiger partial charge in [-0.05, 0) is 40.3 Å². The lowest BCUT2D eigenvalue weighted by atomic mass is 10.1. The van der Waals surface area contributed by atoms with Crippen molar-refractivity contribution in [3.05, 3.63) is 27.3 Å². The molecule has 2 N–H and O–H groups in total. The molecule has 0 aromatic heterocycles. The minimum atomic E-state index is -0.425. The summed E-state index contributed by atoms with van der Waals surface area (Å²) in [6.07, 6.45) is 0.163. The van der Waals surface area contributed by atoms with E-state index in [-0.39, 0.29) is 6.42 Å². The summed E-state index contributed by atoms with van der Waals surface area (Å²) in [6, 6.07) is 5.42. The molecule has 1 rings (SSSR count). The second-order valence-corrected chi connectivity index (χ2v) is 3.84. The lowest BCUT2D eigenvalue weighted by Gasteiger charge is -2.05. The van der Waals surface area contributed by atoms with Crippen LogP contribution in [-0.2, 0) is 11.2 Å². The largest absolute Gasteiger partial charge is 0.496 e. The first-order chi connectivity index (χ1) is 6.67. The second kappa shape index (κ2) is 5.16. The highest BCUT2D eigenvalue weighted by Crippen LogP contribution is 2.21. The summed E-state index contributed by atoms with van der Waals surface area (Å²) < 4.78 is 6.01. The van der Waals surface area contributed by atoms with Gasteiger partial charge in [0.15, 0.2) is 0 Å². The van der Waals surface area contributed by atoms with E-state index in [0.717, 1.165) is 14.9 Å². The van der Waals surface area contributed by atoms with Gasteiger partial charge < -0.3 is 4.74 Å². The van der Waals surface area contributed by atoms with Crippen LogP contribution in [0.5, 0.6) is 5.75 Å². The predicted molar refractivity (Wildman–Crippen MR) is 59.3 cm³/mol. The van der Waals surface area contributed by atoms with E-state index in [2.05, 4.69) is 22.6 Å². The van der Waals surface area contributed by atoms with Gasteiger partial charge in [-0.15, -0.1) is 0 Å². The molecule has 0 bridgehead atoms. The predicted octanol–water partition coefficient (Wildman–Crippen LogP) is 1.35. The molecular formula is C9H10INO3. The van der Waals surface area contributed by atoms with Gasteiger partial charge in [-0.2, -0.15) is 0 Å². The number of ether oxygens (including phenoxy) is 1. The molecule has 76 valence electrons. The van der Waals surface area contributed by atoms with E-state index in [1.807, 2.05) is 6.07 Å². The molecule has 4 nitrogen and oxygen atoms in total. The summed E-state index contributed by atoms with van der Waals surface area (Å²) in [4.78, 5) is 10.9. The molecule has 0 aliphatic heterocycles. The van der Waals surface area contributed by atoms with Crippen molar-refractivity contribution < 1.29 is 14.7 Å². The Morgan fingerprint density at radius 3 is 2.86 bits per heavy atom. The minimum absolute atomic E-state index is 0.163. The summed E-state index contributed by atoms with van der Waals surface area (Å²) in [5, 5.41) is 8.34. The first-order valence-corrected chi connectivity index (χ1v) is 5.00. The Hall–Kier alpha value is -0.820. The number of hydrogen-bond acceptors (Lipinski definition) is 3. The number of amides is 1. The summed E-state index contributed by atoms with van der Waals surface area (Å²) >= 11 is 2.13. The van der Waals surface area contributed by atoms with E-state index in [4.69, 9.17) is 9.94 Å². The lowest BCUT2D eigenvalue weighted by Crippen LogP contribution is -2.20. The Morgan fingerprint density at radius 2 is 2.36 bits per heavy atom. The number of halogens is 1. The van der Waals surface area contributed by atoms with Gasteiger partial charge in [0.05, 0.1) is 17.1 Å². The maximum Gasteiger partial charge on any atom is 0.247 e. The van der Waals surface area contributed by atoms with Crippen LogP contribution in [0.1, 0.15) is 5.56 Å². The van der Waals surface area contributed by atoms with E-state index >= 15 is 0 Å². The fourth-order valence-electron chi connectivity index (χ4n) is 1.04. The van der Waals surface area contributed by atoms with Crippen molar-refractivity contribution in [3.63, 3.8) is 0 Å². The van der Waals surface area contributed by atoms with Gasteiger partial charge in [0.2, 0.25) is 5.91 Å². The maximum absolute atomic E-state index is 10.9. The highest BCUT2D eigenvalue weighted by molar-refractivity contribution is 14.1. The number of methoxy groups -OCH3 is 1. The van der Waals surface area contributed by atoms with Crippen LogP contribution >= 0.6 is 22.6 Å². The van der Waals surface area contributed by atoms with Gasteiger partial charge in [0, 0.05) is 0 Å². The Labute approximate surface area is 95.4 Å². The summed E-state index contributed by atoms with van der Waals surface area (Å²) in [5.41, 5.74) is 2.42. The number of carbonyl (C=O) groups is 1. The first-order valence-electron chi connectivity index (χ1n) is 3.92. The molecular weight excluding hydrogens is 297 g/mol. The Kier molecular flexibility index (Phi) is 4.15. The fraction of sp³-hybridized carbons (Fsp3) is 0.222. The Balaban J connectivity index is 2.81. The summed E-state index contributed by atoms with van der Waals surface area (Å²) in [5.74, 6) is 0.352. The van der Waals surface area contributed by atoms with Crippen LogP contribution in [0.2, 0.25) is 0 Å². The topological polar surface area (TPSA) is 58.6 Å². The fourth-order valence-corrected chi connectivity index (χ4v) is 1.84. The highest BCUT2D eigenvalue weighted by atomic mass is 127. The molecule has 0 spiro atoms. The summed E-state index contributed by atoms with van der Waals surface area (Å²) in [7, 11) is 1.59. The third-order valence-corrected chi connectivity index (χ3v) is 2.55. The van der Waals surface area contributed by atoms with Gasteiger partial charge in [-0.25, -0.2) is 5.48 Å². The van der Waals surface area contributed by atoms with Crippen molar-refractivity contribution in [1.82, 2.24) is 5.48 Å². The molecule has 0 saturated carbocycles. The minimum Gasteiger partial charge on any atom is -0.496 e. The quantitative estimate of drug-likeness (QED) is 0.503. The average Bonchev–Trinajstić information content (AvgIpc) is 2.18. The van der Waals surface area contributed by atoms with Crippen molar-refractivity contribution in [2.75, 3.05) is 7.11 Å². The molecule has 1 aromatic rings. The van der Waals surface area contributed by atoms with Gasteiger partial charge >= 0.3 is 0 Å². The maximum atomic E-state index is 10.9. The zero-order chi connectivity index (χ0) is 10.6. The molecule has 1 aromatic carbocycles. The third kappa shape index (κ3) is 2.85. The molecule has 0 radical (unpaired) electrons. The Morgan fingerprint density at radius 1 is 1.64 bits per heavy atom. The third-order valence-electron chi connectivity index (χ3n) is 1.71. The van der Waals surface area contributed by atoms with E-state index < -0.39 is 5.91 Å². The highest BCUT2D eigenvalue weighted by Gasteiger charge is 2.05. The van der Waals surface area contributed by atoms with Crippen LogP contribution in [-0.4, -0.2) is 18.2 Å². The van der Waals surface area contributed by atoms with Crippen LogP contribution < -0.4 is 10.2 Å². The molecule has 5 heteroatoms. The van der Waals surface area contributed by atoms with E-state index in [1.165, 1.54) is 0 Å². The molecule has 14 heavy (non-hydrogen) atoms. The number of carbonyl (C=O) groups excluding carboxylic acids is 1. The van der Waals surface area contributed by atoms with Crippen molar-refractivity contribution in [1.29, 1.82) is 0 Å². The zero-order valence-corrected chi connectivity index (χ0v) is 9.74. The molecule has 0 unspecified atom stereocenters. The Bertz CT molecular complexity index is 341. The van der Waals surface area contributed by atoms with Crippen LogP contribution in [0.25, 0.3) is 0 Å². The van der Waals surface area contributed by atoms with Gasteiger partial charge in [0.1, 0.15) is 5.75 Å². The van der Waals surface area contributed by atoms with Crippen molar-refractivity contribution >= 4 is 28.5 Å². The molecule has 0 heterocycles. The molecule has 0 fully saturated rings. The summed E-state index contributed by atoms with van der Waals surface area (Å²) in [6.45, 7) is 0. The smallest absolute Gasteiger partial charge is 0.247 e. The molecule has 0 saturated heterocycles. The van der Waals surface area contributed by atoms with Crippen LogP contribution in [0.15, 0.2) is 18.2 Å². The van der Waals surface area contributed by atoms with Crippen LogP contribution in [0.4, 0.5) is 0 Å². The molecule has 1 amide bonds. The number of nitrogens with one attached hydrogen (secondary N) is 1. The number of hydroxylamine groups is 1. The van der Waals surface area contributed by atoms with Crippen LogP contribution in [0, 0.1) is 3.57 Å². The van der Waals surface area contributed by atoms with Gasteiger partial charge in [-0.3, -0.25) is 10.0 Å². The molecule has 0 atom stereocenters. The monoisotopic (exact) mass is 307 g/mol. The normalized spacial score (nSPS) is 9.64. The lowest BCUT2D eigenvalue weighted by molar-refractivity contribution is -0.128. The van der Waals surface area contributed by atoms with Crippen molar-refractivity contribution in [2.45, 2.75) is 6.42 Å². The molecule has 0 aliphatic rings. The number of hydrogen-bond donors (Lipinski definition) is 2.